The zero-order chi connectivity index (χ0) is 23.2. The van der Waals surface area contributed by atoms with Crippen molar-refractivity contribution < 1.29 is 9.47 Å². The van der Waals surface area contributed by atoms with Crippen molar-refractivity contribution in [1.82, 2.24) is 9.97 Å². The van der Waals surface area contributed by atoms with Crippen molar-refractivity contribution in [2.45, 2.75) is 12.7 Å². The number of fused-ring (bicyclic) bond motifs is 1. The molecule has 0 saturated carbocycles. The molecule has 0 aliphatic carbocycles. The van der Waals surface area contributed by atoms with Crippen LogP contribution in [0.3, 0.4) is 0 Å². The van der Waals surface area contributed by atoms with E-state index in [0.717, 1.165) is 39.0 Å². The van der Waals surface area contributed by atoms with Crippen LogP contribution in [0.5, 0.6) is 11.5 Å². The van der Waals surface area contributed by atoms with E-state index in [9.17, 15) is 0 Å². The fourth-order valence-electron chi connectivity index (χ4n) is 3.78. The van der Waals surface area contributed by atoms with E-state index in [2.05, 4.69) is 28.7 Å². The van der Waals surface area contributed by atoms with E-state index in [4.69, 9.17) is 9.47 Å². The molecule has 0 N–H and O–H groups in total. The standard InChI is InChI=1S/C30H24N2O2/c1-22(30(25-9-3-2-4-10-25)34-28-11-7-19-31-20-28)23-14-17-27(18-15-23)33-21-26-16-13-24-8-5-6-12-29(24)32-26/h2-20,30H,1,21H2. The molecular weight excluding hydrogens is 420 g/mol. The van der Waals surface area contributed by atoms with Gasteiger partial charge in [-0.15, -0.1) is 0 Å². The second-order valence-electron chi connectivity index (χ2n) is 7.93. The van der Waals surface area contributed by atoms with Gasteiger partial charge in [-0.3, -0.25) is 4.98 Å². The van der Waals surface area contributed by atoms with E-state index in [0.29, 0.717) is 12.4 Å². The predicted molar refractivity (Wildman–Crippen MR) is 136 cm³/mol. The van der Waals surface area contributed by atoms with E-state index in [1.54, 1.807) is 12.4 Å². The summed E-state index contributed by atoms with van der Waals surface area (Å²) in [6, 6.07) is 33.9. The highest BCUT2D eigenvalue weighted by molar-refractivity contribution is 5.78. The Hall–Kier alpha value is -4.44. The number of hydrogen-bond acceptors (Lipinski definition) is 4. The lowest BCUT2D eigenvalue weighted by Crippen LogP contribution is -2.10. The second-order valence-corrected chi connectivity index (χ2v) is 7.93. The smallest absolute Gasteiger partial charge is 0.149 e. The van der Waals surface area contributed by atoms with E-state index in [1.807, 2.05) is 91.0 Å². The van der Waals surface area contributed by atoms with Crippen molar-refractivity contribution in [2.24, 2.45) is 0 Å². The van der Waals surface area contributed by atoms with E-state index in [1.165, 1.54) is 0 Å². The van der Waals surface area contributed by atoms with Gasteiger partial charge in [-0.2, -0.15) is 0 Å². The fourth-order valence-corrected chi connectivity index (χ4v) is 3.78. The maximum atomic E-state index is 6.29. The van der Waals surface area contributed by atoms with Crippen LogP contribution in [0, 0.1) is 0 Å². The average molecular weight is 445 g/mol. The highest BCUT2D eigenvalue weighted by Crippen LogP contribution is 2.33. The van der Waals surface area contributed by atoms with Crippen LogP contribution in [0.25, 0.3) is 16.5 Å². The Labute approximate surface area is 199 Å². The van der Waals surface area contributed by atoms with Crippen molar-refractivity contribution in [3.05, 3.63) is 139 Å². The molecule has 2 heterocycles. The Morgan fingerprint density at radius 1 is 0.765 bits per heavy atom. The molecule has 0 aliphatic heterocycles. The fraction of sp³-hybridized carbons (Fsp3) is 0.0667. The molecule has 1 unspecified atom stereocenters. The molecular formula is C30H24N2O2. The molecule has 3 aromatic carbocycles. The number of aromatic nitrogens is 2. The van der Waals surface area contributed by atoms with Crippen LogP contribution in [0.4, 0.5) is 0 Å². The third-order valence-corrected chi connectivity index (χ3v) is 5.58. The monoisotopic (exact) mass is 444 g/mol. The molecule has 5 aromatic rings. The van der Waals surface area contributed by atoms with Gasteiger partial charge in [-0.05, 0) is 53.1 Å². The lowest BCUT2D eigenvalue weighted by Gasteiger charge is -2.22. The highest BCUT2D eigenvalue weighted by Gasteiger charge is 2.19. The van der Waals surface area contributed by atoms with Crippen molar-refractivity contribution in [3.8, 4) is 11.5 Å². The van der Waals surface area contributed by atoms with Crippen LogP contribution in [-0.2, 0) is 6.61 Å². The summed E-state index contributed by atoms with van der Waals surface area (Å²) >= 11 is 0. The first-order valence-electron chi connectivity index (χ1n) is 11.1. The van der Waals surface area contributed by atoms with Crippen molar-refractivity contribution in [1.29, 1.82) is 0 Å². The molecule has 4 nitrogen and oxygen atoms in total. The predicted octanol–water partition coefficient (Wildman–Crippen LogP) is 7.04. The largest absolute Gasteiger partial charge is 0.487 e. The average Bonchev–Trinajstić information content (AvgIpc) is 2.91. The van der Waals surface area contributed by atoms with Gasteiger partial charge in [0.05, 0.1) is 17.4 Å². The van der Waals surface area contributed by atoms with Gasteiger partial charge in [0.15, 0.2) is 0 Å². The molecule has 34 heavy (non-hydrogen) atoms. The number of benzene rings is 3. The van der Waals surface area contributed by atoms with Crippen LogP contribution >= 0.6 is 0 Å². The lowest BCUT2D eigenvalue weighted by atomic mass is 9.96. The number of para-hydroxylation sites is 1. The van der Waals surface area contributed by atoms with E-state index in [-0.39, 0.29) is 6.10 Å². The summed E-state index contributed by atoms with van der Waals surface area (Å²) in [7, 11) is 0. The van der Waals surface area contributed by atoms with Crippen LogP contribution in [-0.4, -0.2) is 9.97 Å². The van der Waals surface area contributed by atoms with Crippen LogP contribution in [0.1, 0.15) is 22.9 Å². The molecule has 0 bridgehead atoms. The SMILES string of the molecule is C=C(c1ccc(OCc2ccc3ccccc3n2)cc1)C(Oc1cccnc1)c1ccccc1. The van der Waals surface area contributed by atoms with Gasteiger partial charge in [0.25, 0.3) is 0 Å². The van der Waals surface area contributed by atoms with Gasteiger partial charge >= 0.3 is 0 Å². The van der Waals surface area contributed by atoms with Crippen LogP contribution < -0.4 is 9.47 Å². The van der Waals surface area contributed by atoms with Crippen LogP contribution in [0.15, 0.2) is 122 Å². The summed E-state index contributed by atoms with van der Waals surface area (Å²) in [5.41, 5.74) is 4.72. The first-order chi connectivity index (χ1) is 16.8. The third kappa shape index (κ3) is 4.97. The Morgan fingerprint density at radius 3 is 2.35 bits per heavy atom. The first-order valence-corrected chi connectivity index (χ1v) is 11.1. The molecule has 166 valence electrons. The summed E-state index contributed by atoms with van der Waals surface area (Å²) in [6.45, 7) is 4.76. The number of nitrogens with zero attached hydrogens (tertiary/aromatic N) is 2. The lowest BCUT2D eigenvalue weighted by molar-refractivity contribution is 0.264. The van der Waals surface area contributed by atoms with Crippen molar-refractivity contribution in [3.63, 3.8) is 0 Å². The second kappa shape index (κ2) is 10.0. The Balaban J connectivity index is 1.30. The summed E-state index contributed by atoms with van der Waals surface area (Å²) in [4.78, 5) is 8.83. The molecule has 4 heteroatoms. The van der Waals surface area contributed by atoms with Crippen molar-refractivity contribution in [2.75, 3.05) is 0 Å². The molecule has 5 rings (SSSR count). The Kier molecular flexibility index (Phi) is 6.30. The zero-order valence-corrected chi connectivity index (χ0v) is 18.7. The Morgan fingerprint density at radius 2 is 1.56 bits per heavy atom. The minimum absolute atomic E-state index is 0.334. The summed E-state index contributed by atoms with van der Waals surface area (Å²) in [6.07, 6.45) is 3.10. The van der Waals surface area contributed by atoms with Gasteiger partial charge in [0.1, 0.15) is 24.2 Å². The van der Waals surface area contributed by atoms with E-state index >= 15 is 0 Å². The highest BCUT2D eigenvalue weighted by atomic mass is 16.5. The van der Waals surface area contributed by atoms with Gasteiger partial charge in [-0.25, -0.2) is 4.98 Å². The number of pyridine rings is 2. The van der Waals surface area contributed by atoms with Gasteiger partial charge in [0.2, 0.25) is 0 Å². The normalized spacial score (nSPS) is 11.6. The van der Waals surface area contributed by atoms with Gasteiger partial charge in [0, 0.05) is 11.6 Å². The molecule has 0 fully saturated rings. The summed E-state index contributed by atoms with van der Waals surface area (Å²) < 4.78 is 12.3. The molecule has 0 radical (unpaired) electrons. The summed E-state index contributed by atoms with van der Waals surface area (Å²) in [5.74, 6) is 1.47. The maximum Gasteiger partial charge on any atom is 0.149 e. The minimum atomic E-state index is -0.334. The number of ether oxygens (including phenoxy) is 2. The van der Waals surface area contributed by atoms with Gasteiger partial charge in [-0.1, -0.05) is 73.3 Å². The minimum Gasteiger partial charge on any atom is -0.487 e. The quantitative estimate of drug-likeness (QED) is 0.257. The number of hydrogen-bond donors (Lipinski definition) is 0. The third-order valence-electron chi connectivity index (χ3n) is 5.58. The molecule has 2 aromatic heterocycles. The van der Waals surface area contributed by atoms with Crippen LogP contribution in [0.2, 0.25) is 0 Å². The van der Waals surface area contributed by atoms with Crippen molar-refractivity contribution >= 4 is 16.5 Å². The molecule has 0 spiro atoms. The topological polar surface area (TPSA) is 44.2 Å². The molecule has 0 saturated heterocycles. The van der Waals surface area contributed by atoms with E-state index < -0.39 is 0 Å². The number of rotatable bonds is 8. The molecule has 1 atom stereocenters. The first kappa shape index (κ1) is 21.4. The maximum absolute atomic E-state index is 6.29. The Bertz CT molecular complexity index is 1380. The summed E-state index contributed by atoms with van der Waals surface area (Å²) in [5, 5.41) is 1.12. The van der Waals surface area contributed by atoms with Gasteiger partial charge < -0.3 is 9.47 Å². The zero-order valence-electron chi connectivity index (χ0n) is 18.7. The molecule has 0 amide bonds. The molecule has 0 aliphatic rings.